The van der Waals surface area contributed by atoms with Gasteiger partial charge in [-0.25, -0.2) is 4.79 Å². The van der Waals surface area contributed by atoms with Crippen LogP contribution in [0, 0.1) is 3.57 Å². The van der Waals surface area contributed by atoms with Crippen LogP contribution in [0.4, 0.5) is 0 Å². The second kappa shape index (κ2) is 8.65. The molecule has 1 heterocycles. The Labute approximate surface area is 157 Å². The number of benzene rings is 1. The number of primary amides is 1. The molecule has 0 saturated carbocycles. The van der Waals surface area contributed by atoms with Gasteiger partial charge in [-0.15, -0.1) is 0 Å². The van der Waals surface area contributed by atoms with Gasteiger partial charge in [-0.1, -0.05) is 0 Å². The van der Waals surface area contributed by atoms with Crippen molar-refractivity contribution in [3.63, 3.8) is 0 Å². The molecule has 0 radical (unpaired) electrons. The molecule has 0 unspecified atom stereocenters. The van der Waals surface area contributed by atoms with Crippen LogP contribution in [0.5, 0.6) is 11.5 Å². The second-order valence-electron chi connectivity index (χ2n) is 4.70. The third-order valence-electron chi connectivity index (χ3n) is 3.00. The summed E-state index contributed by atoms with van der Waals surface area (Å²) in [7, 11) is 0. The molecule has 1 amide bonds. The van der Waals surface area contributed by atoms with E-state index in [2.05, 4.69) is 15.4 Å². The summed E-state index contributed by atoms with van der Waals surface area (Å²) in [5, 5.41) is 10.1. The van der Waals surface area contributed by atoms with Crippen LogP contribution in [0.3, 0.4) is 0 Å². The number of nitrogens with zero attached hydrogens (tertiary/aromatic N) is 2. The summed E-state index contributed by atoms with van der Waals surface area (Å²) in [6.07, 6.45) is 0. The van der Waals surface area contributed by atoms with E-state index in [-0.39, 0.29) is 18.9 Å². The van der Waals surface area contributed by atoms with Gasteiger partial charge < -0.3 is 19.9 Å². The number of ether oxygens (including phenoxy) is 3. The van der Waals surface area contributed by atoms with Crippen LogP contribution in [0.2, 0.25) is 0 Å². The Morgan fingerprint density at radius 3 is 2.60 bits per heavy atom. The number of hydrogen-bond acceptors (Lipinski definition) is 7. The maximum atomic E-state index is 11.5. The molecule has 1 aromatic carbocycles. The fourth-order valence-corrected chi connectivity index (χ4v) is 2.80. The first kappa shape index (κ1) is 19.0. The second-order valence-corrected chi connectivity index (χ2v) is 5.86. The predicted molar refractivity (Wildman–Crippen MR) is 96.4 cm³/mol. The van der Waals surface area contributed by atoms with Crippen molar-refractivity contribution in [2.75, 3.05) is 19.8 Å². The Morgan fingerprint density at radius 1 is 1.20 bits per heavy atom. The highest BCUT2D eigenvalue weighted by Crippen LogP contribution is 2.37. The molecular weight excluding hydrogens is 443 g/mol. The highest BCUT2D eigenvalue weighted by atomic mass is 127. The summed E-state index contributed by atoms with van der Waals surface area (Å²) in [4.78, 5) is 23.0. The Hall–Kier alpha value is -2.37. The molecule has 134 valence electrons. The quantitative estimate of drug-likeness (QED) is 0.451. The van der Waals surface area contributed by atoms with Gasteiger partial charge in [0.05, 0.1) is 16.8 Å². The number of esters is 1. The van der Waals surface area contributed by atoms with E-state index < -0.39 is 11.9 Å². The Kier molecular flexibility index (Phi) is 6.56. The topological polar surface area (TPSA) is 129 Å². The van der Waals surface area contributed by atoms with Crippen LogP contribution in [-0.2, 0) is 9.53 Å². The molecule has 1 aromatic heterocycles. The number of halogens is 1. The Balaban J connectivity index is 2.38. The molecule has 0 aliphatic rings. The molecule has 0 aliphatic carbocycles. The van der Waals surface area contributed by atoms with Crippen molar-refractivity contribution >= 4 is 34.5 Å². The Bertz CT molecular complexity index is 777. The fraction of sp³-hybridized carbons (Fsp3) is 0.333. The molecule has 0 bridgehead atoms. The molecular formula is C15H17IN4O5. The third-order valence-corrected chi connectivity index (χ3v) is 3.81. The van der Waals surface area contributed by atoms with Crippen LogP contribution in [0.15, 0.2) is 12.1 Å². The first-order chi connectivity index (χ1) is 12.0. The number of carbonyl (C=O) groups is 2. The van der Waals surface area contributed by atoms with Crippen LogP contribution in [0.25, 0.3) is 11.3 Å². The summed E-state index contributed by atoms with van der Waals surface area (Å²) >= 11 is 2.04. The number of aromatic amines is 1. The molecule has 10 heteroatoms. The number of carbonyl (C=O) groups excluding carboxylic acids is 2. The number of H-pyrrole nitrogens is 1. The SMILES string of the molecule is CCOC(=O)COc1c(I)cc(-c2n[nH]nc2C(N)=O)cc1OCC. The van der Waals surface area contributed by atoms with Crippen molar-refractivity contribution in [3.05, 3.63) is 21.4 Å². The highest BCUT2D eigenvalue weighted by Gasteiger charge is 2.20. The van der Waals surface area contributed by atoms with E-state index in [1.165, 1.54) is 0 Å². The van der Waals surface area contributed by atoms with Crippen molar-refractivity contribution in [2.24, 2.45) is 5.73 Å². The normalized spacial score (nSPS) is 10.4. The van der Waals surface area contributed by atoms with E-state index in [1.54, 1.807) is 19.1 Å². The highest BCUT2D eigenvalue weighted by molar-refractivity contribution is 14.1. The van der Waals surface area contributed by atoms with Gasteiger partial charge in [-0.3, -0.25) is 4.79 Å². The molecule has 0 fully saturated rings. The van der Waals surface area contributed by atoms with Crippen molar-refractivity contribution in [2.45, 2.75) is 13.8 Å². The van der Waals surface area contributed by atoms with Crippen LogP contribution < -0.4 is 15.2 Å². The molecule has 9 nitrogen and oxygen atoms in total. The van der Waals surface area contributed by atoms with Gasteiger partial charge in [-0.2, -0.15) is 15.4 Å². The van der Waals surface area contributed by atoms with Gasteiger partial charge in [0.25, 0.3) is 5.91 Å². The lowest BCUT2D eigenvalue weighted by molar-refractivity contribution is -0.145. The maximum absolute atomic E-state index is 11.5. The first-order valence-corrected chi connectivity index (χ1v) is 8.51. The molecule has 0 aliphatic heterocycles. The largest absolute Gasteiger partial charge is 0.490 e. The molecule has 0 atom stereocenters. The van der Waals surface area contributed by atoms with E-state index in [0.29, 0.717) is 32.9 Å². The minimum absolute atomic E-state index is 0.0263. The van der Waals surface area contributed by atoms with Crippen molar-refractivity contribution in [3.8, 4) is 22.8 Å². The molecule has 3 N–H and O–H groups in total. The predicted octanol–water partition coefficient (Wildman–Crippen LogP) is 1.52. The van der Waals surface area contributed by atoms with Gasteiger partial charge >= 0.3 is 5.97 Å². The number of nitrogens with one attached hydrogen (secondary N) is 1. The van der Waals surface area contributed by atoms with E-state index in [4.69, 9.17) is 19.9 Å². The average Bonchev–Trinajstić information content (AvgIpc) is 3.04. The maximum Gasteiger partial charge on any atom is 0.344 e. The minimum Gasteiger partial charge on any atom is -0.490 e. The van der Waals surface area contributed by atoms with E-state index in [9.17, 15) is 9.59 Å². The van der Waals surface area contributed by atoms with Crippen molar-refractivity contribution in [1.29, 1.82) is 0 Å². The van der Waals surface area contributed by atoms with Crippen LogP contribution in [-0.4, -0.2) is 47.1 Å². The summed E-state index contributed by atoms with van der Waals surface area (Å²) in [6, 6.07) is 3.38. The summed E-state index contributed by atoms with van der Waals surface area (Å²) in [6.45, 7) is 3.96. The lowest BCUT2D eigenvalue weighted by Crippen LogP contribution is -2.15. The number of nitrogens with two attached hydrogens (primary N) is 1. The van der Waals surface area contributed by atoms with Crippen molar-refractivity contribution in [1.82, 2.24) is 15.4 Å². The third kappa shape index (κ3) is 4.59. The minimum atomic E-state index is -0.695. The summed E-state index contributed by atoms with van der Waals surface area (Å²) < 4.78 is 16.6. The fourth-order valence-electron chi connectivity index (χ4n) is 2.05. The summed E-state index contributed by atoms with van der Waals surface area (Å²) in [5.74, 6) is -0.354. The van der Waals surface area contributed by atoms with E-state index >= 15 is 0 Å². The van der Waals surface area contributed by atoms with Crippen molar-refractivity contribution < 1.29 is 23.8 Å². The molecule has 2 aromatic rings. The van der Waals surface area contributed by atoms with E-state index in [1.807, 2.05) is 29.5 Å². The van der Waals surface area contributed by atoms with E-state index in [0.717, 1.165) is 0 Å². The number of amides is 1. The number of aromatic nitrogens is 3. The van der Waals surface area contributed by atoms with Gasteiger partial charge in [-0.05, 0) is 48.6 Å². The zero-order valence-corrected chi connectivity index (χ0v) is 15.8. The average molecular weight is 460 g/mol. The monoisotopic (exact) mass is 460 g/mol. The molecule has 25 heavy (non-hydrogen) atoms. The first-order valence-electron chi connectivity index (χ1n) is 7.43. The van der Waals surface area contributed by atoms with Gasteiger partial charge in [0.1, 0.15) is 5.69 Å². The zero-order chi connectivity index (χ0) is 18.4. The molecule has 0 saturated heterocycles. The summed E-state index contributed by atoms with van der Waals surface area (Å²) in [5.41, 5.74) is 6.22. The lowest BCUT2D eigenvalue weighted by Gasteiger charge is -2.14. The van der Waals surface area contributed by atoms with Gasteiger partial charge in [0, 0.05) is 5.56 Å². The number of rotatable bonds is 8. The van der Waals surface area contributed by atoms with Crippen LogP contribution in [0.1, 0.15) is 24.3 Å². The standard InChI is InChI=1S/C15H17IN4O5/c1-3-23-10-6-8(12-13(15(17)22)19-20-18-12)5-9(16)14(10)25-7-11(21)24-4-2/h5-6H,3-4,7H2,1-2H3,(H2,17,22)(H,18,19,20). The Morgan fingerprint density at radius 2 is 1.96 bits per heavy atom. The van der Waals surface area contributed by atoms with Gasteiger partial charge in [0.2, 0.25) is 0 Å². The number of hydrogen-bond donors (Lipinski definition) is 2. The molecule has 0 spiro atoms. The smallest absolute Gasteiger partial charge is 0.344 e. The van der Waals surface area contributed by atoms with Crippen LogP contribution >= 0.6 is 22.6 Å². The zero-order valence-electron chi connectivity index (χ0n) is 13.7. The molecule has 2 rings (SSSR count). The lowest BCUT2D eigenvalue weighted by atomic mass is 10.1. The van der Waals surface area contributed by atoms with Gasteiger partial charge in [0.15, 0.2) is 23.8 Å².